The van der Waals surface area contributed by atoms with Gasteiger partial charge in [0.1, 0.15) is 18.2 Å². The number of fused-ring (bicyclic) bond motifs is 2. The molecule has 0 aromatic heterocycles. The molecule has 0 aliphatic carbocycles. The van der Waals surface area contributed by atoms with Crippen LogP contribution in [0.15, 0.2) is 0 Å². The summed E-state index contributed by atoms with van der Waals surface area (Å²) in [5.74, 6) is -0.622. The van der Waals surface area contributed by atoms with E-state index < -0.39 is 30.5 Å². The van der Waals surface area contributed by atoms with E-state index in [0.29, 0.717) is 6.61 Å². The number of hydrogen-bond donors (Lipinski definition) is 1. The van der Waals surface area contributed by atoms with Crippen molar-refractivity contribution in [2.24, 2.45) is 0 Å². The van der Waals surface area contributed by atoms with Gasteiger partial charge < -0.3 is 24.3 Å². The first-order valence-corrected chi connectivity index (χ1v) is 5.77. The Labute approximate surface area is 105 Å². The van der Waals surface area contributed by atoms with Gasteiger partial charge in [-0.05, 0) is 0 Å². The van der Waals surface area contributed by atoms with E-state index in [-0.39, 0.29) is 12.0 Å². The van der Waals surface area contributed by atoms with Crippen LogP contribution in [0.2, 0.25) is 0 Å². The predicted octanol–water partition coefficient (Wildman–Crippen LogP) is -0.807. The fourth-order valence-electron chi connectivity index (χ4n) is 2.37. The van der Waals surface area contributed by atoms with Crippen LogP contribution in [0.5, 0.6) is 0 Å². The minimum absolute atomic E-state index is 0.221. The predicted molar refractivity (Wildman–Crippen MR) is 58.6 cm³/mol. The highest BCUT2D eigenvalue weighted by Gasteiger charge is 2.53. The van der Waals surface area contributed by atoms with Gasteiger partial charge in [0.05, 0.1) is 6.61 Å². The van der Waals surface area contributed by atoms with E-state index in [9.17, 15) is 9.59 Å². The maximum Gasteiger partial charge on any atom is 0.303 e. The van der Waals surface area contributed by atoms with Gasteiger partial charge in [-0.2, -0.15) is 0 Å². The smallest absolute Gasteiger partial charge is 0.303 e. The first kappa shape index (κ1) is 13.3. The lowest BCUT2D eigenvalue weighted by atomic mass is 9.99. The lowest BCUT2D eigenvalue weighted by Gasteiger charge is -2.38. The lowest BCUT2D eigenvalue weighted by Crippen LogP contribution is -2.61. The number of rotatable bonds is 3. The van der Waals surface area contributed by atoms with Crippen LogP contribution in [0.1, 0.15) is 13.8 Å². The first-order chi connectivity index (χ1) is 8.52. The Hall–Kier alpha value is -1.18. The number of hydrogen-bond acceptors (Lipinski definition) is 6. The Morgan fingerprint density at radius 1 is 1.33 bits per heavy atom. The van der Waals surface area contributed by atoms with Crippen LogP contribution < -0.4 is 5.32 Å². The molecule has 7 nitrogen and oxygen atoms in total. The van der Waals surface area contributed by atoms with Gasteiger partial charge in [0.2, 0.25) is 5.91 Å². The van der Waals surface area contributed by atoms with E-state index in [1.807, 2.05) is 0 Å². The van der Waals surface area contributed by atoms with Gasteiger partial charge >= 0.3 is 5.97 Å². The molecule has 0 unspecified atom stereocenters. The van der Waals surface area contributed by atoms with E-state index in [2.05, 4.69) is 5.32 Å². The van der Waals surface area contributed by atoms with Gasteiger partial charge in [-0.25, -0.2) is 0 Å². The van der Waals surface area contributed by atoms with E-state index in [1.165, 1.54) is 21.0 Å². The lowest BCUT2D eigenvalue weighted by molar-refractivity contribution is -0.225. The summed E-state index contributed by atoms with van der Waals surface area (Å²) in [7, 11) is 1.49. The highest BCUT2D eigenvalue weighted by Crippen LogP contribution is 2.32. The Balaban J connectivity index is 2.14. The normalized spacial score (nSPS) is 38.3. The topological polar surface area (TPSA) is 83.1 Å². The van der Waals surface area contributed by atoms with E-state index in [1.54, 1.807) is 0 Å². The van der Waals surface area contributed by atoms with Crippen molar-refractivity contribution in [3.63, 3.8) is 0 Å². The van der Waals surface area contributed by atoms with Crippen LogP contribution in [0.4, 0.5) is 0 Å². The fourth-order valence-corrected chi connectivity index (χ4v) is 2.37. The van der Waals surface area contributed by atoms with Gasteiger partial charge in [0.15, 0.2) is 12.4 Å². The minimum Gasteiger partial charge on any atom is -0.457 e. The number of amides is 1. The summed E-state index contributed by atoms with van der Waals surface area (Å²) in [6, 6.07) is -0.490. The fraction of sp³-hybridized carbons (Fsp3) is 0.818. The zero-order valence-electron chi connectivity index (χ0n) is 10.5. The summed E-state index contributed by atoms with van der Waals surface area (Å²) >= 11 is 0. The third-order valence-electron chi connectivity index (χ3n) is 3.00. The molecule has 1 amide bonds. The molecule has 2 aliphatic rings. The SMILES string of the molecule is CO[C@H]1O[C@@H]2CO[C@H]([C@H]1NC(C)=O)[C@@H]2OC(C)=O. The standard InChI is InChI=1S/C11H17NO6/c1-5(13)12-8-10-9(17-6(2)14)7(4-16-10)18-11(8)15-3/h7-11H,4H2,1-3H3,(H,12,13)/t7-,8-,9-,10-,11+/m1/s1. The van der Waals surface area contributed by atoms with Gasteiger partial charge in [-0.1, -0.05) is 0 Å². The largest absolute Gasteiger partial charge is 0.457 e. The van der Waals surface area contributed by atoms with Gasteiger partial charge in [-0.3, -0.25) is 9.59 Å². The van der Waals surface area contributed by atoms with E-state index in [4.69, 9.17) is 18.9 Å². The van der Waals surface area contributed by atoms with Crippen molar-refractivity contribution in [2.45, 2.75) is 44.5 Å². The Morgan fingerprint density at radius 2 is 2.06 bits per heavy atom. The van der Waals surface area contributed by atoms with Crippen LogP contribution in [0, 0.1) is 0 Å². The number of nitrogens with one attached hydrogen (secondary N) is 1. The third-order valence-corrected chi connectivity index (χ3v) is 3.00. The molecular formula is C11H17NO6. The average Bonchev–Trinajstić information content (AvgIpc) is 2.55. The van der Waals surface area contributed by atoms with Crippen molar-refractivity contribution in [2.75, 3.05) is 13.7 Å². The molecule has 2 bridgehead atoms. The Morgan fingerprint density at radius 3 is 2.61 bits per heavy atom. The number of carbonyl (C=O) groups excluding carboxylic acids is 2. The minimum atomic E-state index is -0.599. The van der Waals surface area contributed by atoms with Crippen LogP contribution in [-0.4, -0.2) is 56.2 Å². The van der Waals surface area contributed by atoms with Crippen molar-refractivity contribution in [1.29, 1.82) is 0 Å². The number of carbonyl (C=O) groups is 2. The molecule has 102 valence electrons. The molecule has 1 N–H and O–H groups in total. The molecule has 2 rings (SSSR count). The molecule has 5 atom stereocenters. The maximum atomic E-state index is 11.2. The summed E-state index contributed by atoms with van der Waals surface area (Å²) in [6.45, 7) is 3.04. The second-order valence-corrected chi connectivity index (χ2v) is 4.38. The van der Waals surface area contributed by atoms with Crippen molar-refractivity contribution < 1.29 is 28.5 Å². The third kappa shape index (κ3) is 2.47. The molecule has 0 aromatic carbocycles. The monoisotopic (exact) mass is 259 g/mol. The molecule has 2 heterocycles. The van der Waals surface area contributed by atoms with E-state index in [0.717, 1.165) is 0 Å². The molecule has 7 heteroatoms. The van der Waals surface area contributed by atoms with Crippen molar-refractivity contribution >= 4 is 11.9 Å². The summed E-state index contributed by atoms with van der Waals surface area (Å²) in [5, 5.41) is 2.71. The quantitative estimate of drug-likeness (QED) is 0.668. The van der Waals surface area contributed by atoms with Gasteiger partial charge in [-0.15, -0.1) is 0 Å². The second kappa shape index (κ2) is 5.21. The Kier molecular flexibility index (Phi) is 3.84. The number of ether oxygens (including phenoxy) is 4. The Bertz CT molecular complexity index is 346. The molecular weight excluding hydrogens is 242 g/mol. The molecule has 2 fully saturated rings. The highest BCUT2D eigenvalue weighted by atomic mass is 16.7. The van der Waals surface area contributed by atoms with Crippen molar-refractivity contribution in [3.8, 4) is 0 Å². The number of esters is 1. The molecule has 0 radical (unpaired) electrons. The molecule has 2 saturated heterocycles. The van der Waals surface area contributed by atoms with Crippen molar-refractivity contribution in [3.05, 3.63) is 0 Å². The van der Waals surface area contributed by atoms with E-state index >= 15 is 0 Å². The zero-order valence-corrected chi connectivity index (χ0v) is 10.5. The highest BCUT2D eigenvalue weighted by molar-refractivity contribution is 5.73. The summed E-state index contributed by atoms with van der Waals surface area (Å²) in [5.41, 5.74) is 0. The van der Waals surface area contributed by atoms with Crippen LogP contribution in [0.3, 0.4) is 0 Å². The van der Waals surface area contributed by atoms with Crippen LogP contribution >= 0.6 is 0 Å². The van der Waals surface area contributed by atoms with Crippen LogP contribution in [-0.2, 0) is 28.5 Å². The maximum absolute atomic E-state index is 11.2. The first-order valence-electron chi connectivity index (χ1n) is 5.77. The summed E-state index contributed by atoms with van der Waals surface area (Å²) in [6.07, 6.45) is -1.90. The molecule has 18 heavy (non-hydrogen) atoms. The number of methoxy groups -OCH3 is 1. The summed E-state index contributed by atoms with van der Waals surface area (Å²) in [4.78, 5) is 22.3. The molecule has 0 saturated carbocycles. The molecule has 0 spiro atoms. The van der Waals surface area contributed by atoms with Crippen molar-refractivity contribution in [1.82, 2.24) is 5.32 Å². The average molecular weight is 259 g/mol. The van der Waals surface area contributed by atoms with Gasteiger partial charge in [0.25, 0.3) is 0 Å². The molecule has 2 aliphatic heterocycles. The summed E-state index contributed by atoms with van der Waals surface area (Å²) < 4.78 is 21.5. The van der Waals surface area contributed by atoms with Crippen LogP contribution in [0.25, 0.3) is 0 Å². The molecule has 0 aromatic rings. The second-order valence-electron chi connectivity index (χ2n) is 4.38. The van der Waals surface area contributed by atoms with Gasteiger partial charge in [0, 0.05) is 21.0 Å². The zero-order chi connectivity index (χ0) is 13.3.